The van der Waals surface area contributed by atoms with E-state index >= 15 is 0 Å². The second-order valence-electron chi connectivity index (χ2n) is 5.80. The highest BCUT2D eigenvalue weighted by Gasteiger charge is 2.48. The first-order chi connectivity index (χ1) is 11.3. The van der Waals surface area contributed by atoms with Gasteiger partial charge in [0.05, 0.1) is 18.8 Å². The molecule has 2 saturated heterocycles. The van der Waals surface area contributed by atoms with Gasteiger partial charge in [0, 0.05) is 18.9 Å². The van der Waals surface area contributed by atoms with Crippen molar-refractivity contribution >= 4 is 5.91 Å². The molecule has 4 rings (SSSR count). The normalized spacial score (nSPS) is 26.8. The molecule has 23 heavy (non-hydrogen) atoms. The topological polar surface area (TPSA) is 64.8 Å². The number of pyridine rings is 1. The first-order valence-corrected chi connectivity index (χ1v) is 7.87. The lowest BCUT2D eigenvalue weighted by Crippen LogP contribution is -2.44. The SMILES string of the molecule is O=C(c1ccco1)N1C[C@@H](Oc2ccccn2)[C@@H]2OCCC[C@@H]21. The lowest BCUT2D eigenvalue weighted by molar-refractivity contribution is -0.0456. The number of hydrogen-bond acceptors (Lipinski definition) is 5. The molecule has 6 heteroatoms. The molecule has 0 unspecified atom stereocenters. The van der Waals surface area contributed by atoms with E-state index in [4.69, 9.17) is 13.9 Å². The summed E-state index contributed by atoms with van der Waals surface area (Å²) in [6, 6.07) is 8.97. The third kappa shape index (κ3) is 2.70. The fourth-order valence-electron chi connectivity index (χ4n) is 3.36. The van der Waals surface area contributed by atoms with Crippen molar-refractivity contribution in [3.8, 4) is 5.88 Å². The van der Waals surface area contributed by atoms with Gasteiger partial charge in [0.1, 0.15) is 12.2 Å². The number of fused-ring (bicyclic) bond motifs is 1. The third-order valence-corrected chi connectivity index (χ3v) is 4.38. The Kier molecular flexibility index (Phi) is 3.75. The Balaban J connectivity index is 1.56. The predicted octanol–water partition coefficient (Wildman–Crippen LogP) is 2.13. The molecule has 0 saturated carbocycles. The maximum absolute atomic E-state index is 12.7. The van der Waals surface area contributed by atoms with Gasteiger partial charge in [-0.1, -0.05) is 6.07 Å². The lowest BCUT2D eigenvalue weighted by Gasteiger charge is -2.31. The van der Waals surface area contributed by atoms with Gasteiger partial charge in [-0.05, 0) is 31.0 Å². The fourth-order valence-corrected chi connectivity index (χ4v) is 3.36. The second kappa shape index (κ2) is 6.04. The maximum atomic E-state index is 12.7. The molecular formula is C17H18N2O4. The smallest absolute Gasteiger partial charge is 0.290 e. The number of aromatic nitrogens is 1. The molecule has 120 valence electrons. The Labute approximate surface area is 134 Å². The highest BCUT2D eigenvalue weighted by atomic mass is 16.5. The van der Waals surface area contributed by atoms with Crippen LogP contribution in [-0.4, -0.2) is 47.2 Å². The van der Waals surface area contributed by atoms with E-state index in [1.165, 1.54) is 6.26 Å². The van der Waals surface area contributed by atoms with Gasteiger partial charge in [-0.15, -0.1) is 0 Å². The molecule has 3 atom stereocenters. The average Bonchev–Trinajstić information content (AvgIpc) is 3.24. The van der Waals surface area contributed by atoms with E-state index in [9.17, 15) is 4.79 Å². The van der Waals surface area contributed by atoms with E-state index in [-0.39, 0.29) is 24.2 Å². The van der Waals surface area contributed by atoms with Gasteiger partial charge in [0.25, 0.3) is 5.91 Å². The van der Waals surface area contributed by atoms with Crippen molar-refractivity contribution in [2.75, 3.05) is 13.2 Å². The number of likely N-dealkylation sites (tertiary alicyclic amines) is 1. The first kappa shape index (κ1) is 14.3. The van der Waals surface area contributed by atoms with Gasteiger partial charge in [-0.2, -0.15) is 0 Å². The van der Waals surface area contributed by atoms with Crippen molar-refractivity contribution in [2.24, 2.45) is 0 Å². The number of hydrogen-bond donors (Lipinski definition) is 0. The Morgan fingerprint density at radius 2 is 2.26 bits per heavy atom. The van der Waals surface area contributed by atoms with Crippen LogP contribution in [0.1, 0.15) is 23.4 Å². The molecule has 6 nitrogen and oxygen atoms in total. The molecule has 2 aromatic heterocycles. The van der Waals surface area contributed by atoms with E-state index in [2.05, 4.69) is 4.98 Å². The van der Waals surface area contributed by atoms with Crippen LogP contribution in [0.25, 0.3) is 0 Å². The van der Waals surface area contributed by atoms with E-state index in [0.29, 0.717) is 24.8 Å². The van der Waals surface area contributed by atoms with Gasteiger partial charge in [0.2, 0.25) is 5.88 Å². The van der Waals surface area contributed by atoms with E-state index in [1.54, 1.807) is 18.3 Å². The van der Waals surface area contributed by atoms with Crippen LogP contribution in [0.4, 0.5) is 0 Å². The van der Waals surface area contributed by atoms with Crippen LogP contribution in [0.3, 0.4) is 0 Å². The van der Waals surface area contributed by atoms with Crippen LogP contribution < -0.4 is 4.74 Å². The van der Waals surface area contributed by atoms with Gasteiger partial charge in [0.15, 0.2) is 5.76 Å². The summed E-state index contributed by atoms with van der Waals surface area (Å²) < 4.78 is 17.1. The Hall–Kier alpha value is -2.34. The van der Waals surface area contributed by atoms with Gasteiger partial charge >= 0.3 is 0 Å². The van der Waals surface area contributed by atoms with E-state index in [0.717, 1.165) is 12.8 Å². The number of carbonyl (C=O) groups is 1. The minimum absolute atomic E-state index is 0.0232. The Bertz CT molecular complexity index is 658. The number of carbonyl (C=O) groups excluding carboxylic acids is 1. The largest absolute Gasteiger partial charge is 0.470 e. The van der Waals surface area contributed by atoms with Crippen LogP contribution in [0, 0.1) is 0 Å². The maximum Gasteiger partial charge on any atom is 0.290 e. The van der Waals surface area contributed by atoms with E-state index in [1.807, 2.05) is 23.1 Å². The van der Waals surface area contributed by atoms with Crippen molar-refractivity contribution in [1.82, 2.24) is 9.88 Å². The molecule has 2 aliphatic heterocycles. The summed E-state index contributed by atoms with van der Waals surface area (Å²) >= 11 is 0. The highest BCUT2D eigenvalue weighted by molar-refractivity contribution is 5.92. The summed E-state index contributed by atoms with van der Waals surface area (Å²) in [5.41, 5.74) is 0. The van der Waals surface area contributed by atoms with Crippen molar-refractivity contribution in [2.45, 2.75) is 31.1 Å². The van der Waals surface area contributed by atoms with Crippen LogP contribution in [0.5, 0.6) is 5.88 Å². The summed E-state index contributed by atoms with van der Waals surface area (Å²) in [4.78, 5) is 18.7. The Morgan fingerprint density at radius 3 is 3.04 bits per heavy atom. The van der Waals surface area contributed by atoms with Crippen molar-refractivity contribution in [3.05, 3.63) is 48.6 Å². The molecule has 0 radical (unpaired) electrons. The molecule has 4 heterocycles. The van der Waals surface area contributed by atoms with Crippen molar-refractivity contribution in [1.29, 1.82) is 0 Å². The molecule has 0 spiro atoms. The second-order valence-corrected chi connectivity index (χ2v) is 5.80. The molecule has 0 N–H and O–H groups in total. The zero-order valence-corrected chi connectivity index (χ0v) is 12.6. The predicted molar refractivity (Wildman–Crippen MR) is 81.2 cm³/mol. The van der Waals surface area contributed by atoms with Gasteiger partial charge in [-0.3, -0.25) is 4.79 Å². The average molecular weight is 314 g/mol. The fraction of sp³-hybridized carbons (Fsp3) is 0.412. The molecule has 2 aromatic rings. The lowest BCUT2D eigenvalue weighted by atomic mass is 10.0. The molecule has 2 aliphatic rings. The number of nitrogens with zero attached hydrogens (tertiary/aromatic N) is 2. The minimum atomic E-state index is -0.214. The number of amides is 1. The molecule has 0 aliphatic carbocycles. The monoisotopic (exact) mass is 314 g/mol. The highest BCUT2D eigenvalue weighted by Crippen LogP contribution is 2.32. The molecular weight excluding hydrogens is 296 g/mol. The Morgan fingerprint density at radius 1 is 1.30 bits per heavy atom. The summed E-state index contributed by atoms with van der Waals surface area (Å²) in [7, 11) is 0. The van der Waals surface area contributed by atoms with Crippen molar-refractivity contribution in [3.63, 3.8) is 0 Å². The van der Waals surface area contributed by atoms with Crippen molar-refractivity contribution < 1.29 is 18.7 Å². The number of furan rings is 1. The standard InChI is InChI=1S/C17H18N2O4/c20-17(13-6-4-9-21-13)19-11-14(16-12(19)5-3-10-22-16)23-15-7-1-2-8-18-15/h1-2,4,6-9,12,14,16H,3,5,10-11H2/t12-,14+,16+/m0/s1. The van der Waals surface area contributed by atoms with E-state index < -0.39 is 0 Å². The van der Waals surface area contributed by atoms with Gasteiger partial charge in [-0.25, -0.2) is 4.98 Å². The van der Waals surface area contributed by atoms with Gasteiger partial charge < -0.3 is 18.8 Å². The summed E-state index contributed by atoms with van der Waals surface area (Å²) in [5.74, 6) is 0.799. The molecule has 1 amide bonds. The van der Waals surface area contributed by atoms with Crippen LogP contribution in [-0.2, 0) is 4.74 Å². The molecule has 0 aromatic carbocycles. The first-order valence-electron chi connectivity index (χ1n) is 7.87. The summed E-state index contributed by atoms with van der Waals surface area (Å²) in [6.45, 7) is 1.18. The quantitative estimate of drug-likeness (QED) is 0.868. The zero-order valence-electron chi connectivity index (χ0n) is 12.6. The minimum Gasteiger partial charge on any atom is -0.470 e. The summed E-state index contributed by atoms with van der Waals surface area (Å²) in [5, 5.41) is 0. The van der Waals surface area contributed by atoms with Crippen LogP contribution in [0.2, 0.25) is 0 Å². The third-order valence-electron chi connectivity index (χ3n) is 4.38. The van der Waals surface area contributed by atoms with Crippen LogP contribution in [0.15, 0.2) is 47.2 Å². The number of ether oxygens (including phenoxy) is 2. The number of rotatable bonds is 3. The zero-order chi connectivity index (χ0) is 15.6. The summed E-state index contributed by atoms with van der Waals surface area (Å²) in [6.07, 6.45) is 4.73. The van der Waals surface area contributed by atoms with Crippen LogP contribution >= 0.6 is 0 Å². The molecule has 2 fully saturated rings. The molecule has 0 bridgehead atoms.